The third-order valence-electron chi connectivity index (χ3n) is 7.62. The van der Waals surface area contributed by atoms with Gasteiger partial charge in [0.2, 0.25) is 0 Å². The van der Waals surface area contributed by atoms with Crippen molar-refractivity contribution in [1.29, 1.82) is 0 Å². The first-order chi connectivity index (χ1) is 18.0. The summed E-state index contributed by atoms with van der Waals surface area (Å²) in [4.78, 5) is 11.8. The predicted octanol–water partition coefficient (Wildman–Crippen LogP) is 10.7. The van der Waals surface area contributed by atoms with Gasteiger partial charge in [-0.25, -0.2) is 0 Å². The lowest BCUT2D eigenvalue weighted by Crippen LogP contribution is -2.12. The SMILES string of the molecule is CCCCC/C(CC(=O)O)=C1/C=C(c2cc(C(CCC)CCC(C)C)ccc2C(F)(F)F)\C=C/CCC1C. The molecule has 0 aromatic heterocycles. The molecule has 1 N–H and O–H groups in total. The van der Waals surface area contributed by atoms with Gasteiger partial charge in [0.25, 0.3) is 0 Å². The second-order valence-electron chi connectivity index (χ2n) is 11.3. The number of hydrogen-bond donors (Lipinski definition) is 1. The van der Waals surface area contributed by atoms with E-state index in [0.717, 1.165) is 74.5 Å². The smallest absolute Gasteiger partial charge is 0.417 e. The van der Waals surface area contributed by atoms with Crippen LogP contribution in [0.25, 0.3) is 5.57 Å². The monoisotopic (exact) mass is 532 g/mol. The molecular weight excluding hydrogens is 485 g/mol. The highest BCUT2D eigenvalue weighted by Gasteiger charge is 2.34. The molecule has 0 saturated carbocycles. The summed E-state index contributed by atoms with van der Waals surface area (Å²) in [5, 5.41) is 9.64. The number of rotatable bonds is 13. The van der Waals surface area contributed by atoms with Gasteiger partial charge in [0, 0.05) is 0 Å². The molecular formula is C33H47F3O2. The summed E-state index contributed by atoms with van der Waals surface area (Å²) in [5.74, 6) is -0.0715. The van der Waals surface area contributed by atoms with Crippen LogP contribution in [0.1, 0.15) is 128 Å². The number of carbonyl (C=O) groups is 1. The molecule has 0 saturated heterocycles. The summed E-state index contributed by atoms with van der Waals surface area (Å²) in [7, 11) is 0. The van der Waals surface area contributed by atoms with E-state index in [2.05, 4.69) is 34.6 Å². The number of carboxylic acids is 1. The number of allylic oxidation sites excluding steroid dienone is 5. The Kier molecular flexibility index (Phi) is 12.9. The molecule has 0 heterocycles. The maximum absolute atomic E-state index is 14.3. The molecule has 1 aromatic rings. The second kappa shape index (κ2) is 15.3. The fourth-order valence-electron chi connectivity index (χ4n) is 5.46. The van der Waals surface area contributed by atoms with Crippen LogP contribution in [0.2, 0.25) is 0 Å². The molecule has 1 aliphatic carbocycles. The zero-order valence-corrected chi connectivity index (χ0v) is 24.0. The topological polar surface area (TPSA) is 37.3 Å². The maximum Gasteiger partial charge on any atom is 0.417 e. The summed E-state index contributed by atoms with van der Waals surface area (Å²) < 4.78 is 42.9. The average Bonchev–Trinajstić information content (AvgIpc) is 2.83. The molecule has 0 aliphatic heterocycles. The third-order valence-corrected chi connectivity index (χ3v) is 7.62. The first-order valence-electron chi connectivity index (χ1n) is 14.5. The molecule has 0 bridgehead atoms. The van der Waals surface area contributed by atoms with Crippen molar-refractivity contribution in [1.82, 2.24) is 0 Å². The second-order valence-corrected chi connectivity index (χ2v) is 11.3. The average molecular weight is 533 g/mol. The molecule has 0 radical (unpaired) electrons. The normalized spacial score (nSPS) is 20.9. The Morgan fingerprint density at radius 2 is 1.82 bits per heavy atom. The van der Waals surface area contributed by atoms with Crippen molar-refractivity contribution < 1.29 is 23.1 Å². The van der Waals surface area contributed by atoms with E-state index < -0.39 is 17.7 Å². The summed E-state index contributed by atoms with van der Waals surface area (Å²) in [6.07, 6.45) is 10.1. The van der Waals surface area contributed by atoms with Crippen molar-refractivity contribution in [3.05, 3.63) is 64.3 Å². The van der Waals surface area contributed by atoms with Gasteiger partial charge in [0.05, 0.1) is 12.0 Å². The van der Waals surface area contributed by atoms with Crippen LogP contribution in [-0.4, -0.2) is 11.1 Å². The molecule has 5 heteroatoms. The number of halogens is 3. The van der Waals surface area contributed by atoms with Crippen molar-refractivity contribution >= 4 is 11.5 Å². The molecule has 212 valence electrons. The van der Waals surface area contributed by atoms with Gasteiger partial charge >= 0.3 is 12.1 Å². The zero-order chi connectivity index (χ0) is 28.3. The fourth-order valence-corrected chi connectivity index (χ4v) is 5.46. The Labute approximate surface area is 228 Å². The molecule has 0 fully saturated rings. The van der Waals surface area contributed by atoms with Crippen molar-refractivity contribution in [2.75, 3.05) is 0 Å². The largest absolute Gasteiger partial charge is 0.481 e. The van der Waals surface area contributed by atoms with E-state index in [1.807, 2.05) is 18.2 Å². The Hall–Kier alpha value is -2.30. The standard InChI is InChI=1S/C33H47F3O2/c1-6-8-9-14-28(22-32(37)38)29-21-27(15-11-10-13-24(29)5)30-20-26(18-19-31(30)33(34,35)36)25(12-7-2)17-16-23(3)4/h11,15,18-21,23-25H,6-10,12-14,16-17,22H2,1-5H3,(H,37,38)/b15-11-,27-21+,29-28+. The summed E-state index contributed by atoms with van der Waals surface area (Å²) in [5.41, 5.74) is 2.79. The van der Waals surface area contributed by atoms with Gasteiger partial charge in [-0.1, -0.05) is 96.2 Å². The van der Waals surface area contributed by atoms with Crippen molar-refractivity contribution in [2.24, 2.45) is 11.8 Å². The molecule has 0 amide bonds. The molecule has 2 unspecified atom stereocenters. The maximum atomic E-state index is 14.3. The minimum absolute atomic E-state index is 0.0716. The van der Waals surface area contributed by atoms with Crippen molar-refractivity contribution in [3.8, 4) is 0 Å². The van der Waals surface area contributed by atoms with Gasteiger partial charge in [0.1, 0.15) is 0 Å². The molecule has 1 aliphatic rings. The van der Waals surface area contributed by atoms with E-state index in [4.69, 9.17) is 0 Å². The van der Waals surface area contributed by atoms with Gasteiger partial charge in [-0.05, 0) is 84.6 Å². The van der Waals surface area contributed by atoms with E-state index in [9.17, 15) is 23.1 Å². The lowest BCUT2D eigenvalue weighted by atomic mass is 9.82. The summed E-state index contributed by atoms with van der Waals surface area (Å²) >= 11 is 0. The molecule has 2 rings (SSSR count). The van der Waals surface area contributed by atoms with E-state index >= 15 is 0 Å². The fraction of sp³-hybridized carbons (Fsp3) is 0.606. The molecule has 1 aromatic carbocycles. The minimum atomic E-state index is -4.48. The van der Waals surface area contributed by atoms with E-state index in [1.54, 1.807) is 12.1 Å². The highest BCUT2D eigenvalue weighted by atomic mass is 19.4. The van der Waals surface area contributed by atoms with E-state index in [0.29, 0.717) is 17.9 Å². The van der Waals surface area contributed by atoms with Crippen LogP contribution in [0.15, 0.2) is 47.6 Å². The highest BCUT2D eigenvalue weighted by Crippen LogP contribution is 2.40. The minimum Gasteiger partial charge on any atom is -0.481 e. The first kappa shape index (κ1) is 31.9. The molecule has 0 spiro atoms. The predicted molar refractivity (Wildman–Crippen MR) is 152 cm³/mol. The van der Waals surface area contributed by atoms with Crippen molar-refractivity contribution in [3.63, 3.8) is 0 Å². The number of aliphatic carboxylic acids is 1. The van der Waals surface area contributed by atoms with Crippen LogP contribution in [0, 0.1) is 11.8 Å². The Bertz CT molecular complexity index is 998. The Morgan fingerprint density at radius 1 is 1.08 bits per heavy atom. The molecule has 38 heavy (non-hydrogen) atoms. The van der Waals surface area contributed by atoms with Gasteiger partial charge in [0.15, 0.2) is 0 Å². The quantitative estimate of drug-likeness (QED) is 0.257. The zero-order valence-electron chi connectivity index (χ0n) is 24.0. The first-order valence-corrected chi connectivity index (χ1v) is 14.5. The van der Waals surface area contributed by atoms with Gasteiger partial charge < -0.3 is 5.11 Å². The molecule has 2 nitrogen and oxygen atoms in total. The Morgan fingerprint density at radius 3 is 2.42 bits per heavy atom. The number of alkyl halides is 3. The van der Waals surface area contributed by atoms with Gasteiger partial charge in [-0.3, -0.25) is 4.79 Å². The number of hydrogen-bond acceptors (Lipinski definition) is 1. The van der Waals surface area contributed by atoms with E-state index in [-0.39, 0.29) is 23.8 Å². The number of unbranched alkanes of at least 4 members (excludes halogenated alkanes) is 2. The van der Waals surface area contributed by atoms with Crippen LogP contribution in [0.5, 0.6) is 0 Å². The van der Waals surface area contributed by atoms with Crippen LogP contribution >= 0.6 is 0 Å². The highest BCUT2D eigenvalue weighted by molar-refractivity contribution is 5.80. The number of carboxylic acid groups (broad SMARTS) is 1. The summed E-state index contributed by atoms with van der Waals surface area (Å²) in [6.45, 7) is 10.6. The van der Waals surface area contributed by atoms with Crippen molar-refractivity contribution in [2.45, 2.75) is 117 Å². The van der Waals surface area contributed by atoms with Gasteiger partial charge in [-0.2, -0.15) is 13.2 Å². The lowest BCUT2D eigenvalue weighted by Gasteiger charge is -2.24. The summed E-state index contributed by atoms with van der Waals surface area (Å²) in [6, 6.07) is 4.68. The van der Waals surface area contributed by atoms with Crippen LogP contribution < -0.4 is 0 Å². The molecule has 2 atom stereocenters. The third kappa shape index (κ3) is 9.78. The lowest BCUT2D eigenvalue weighted by molar-refractivity contribution is -0.138. The van der Waals surface area contributed by atoms with Gasteiger partial charge in [-0.15, -0.1) is 0 Å². The number of benzene rings is 1. The van der Waals surface area contributed by atoms with E-state index in [1.165, 1.54) is 6.07 Å². The van der Waals surface area contributed by atoms with Crippen LogP contribution in [0.4, 0.5) is 13.2 Å². The van der Waals surface area contributed by atoms with Crippen LogP contribution in [0.3, 0.4) is 0 Å². The Balaban J connectivity index is 2.73. The van der Waals surface area contributed by atoms with Crippen LogP contribution in [-0.2, 0) is 11.0 Å².